The van der Waals surface area contributed by atoms with Crippen molar-refractivity contribution in [1.29, 1.82) is 0 Å². The maximum absolute atomic E-state index is 12.6. The number of fused-ring (bicyclic) bond motifs is 1. The van der Waals surface area contributed by atoms with Gasteiger partial charge < -0.3 is 14.1 Å². The van der Waals surface area contributed by atoms with Crippen LogP contribution in [0, 0.1) is 13.8 Å². The Morgan fingerprint density at radius 2 is 2.28 bits per heavy atom. The highest BCUT2D eigenvalue weighted by molar-refractivity contribution is 5.76. The van der Waals surface area contributed by atoms with Gasteiger partial charge in [0.15, 0.2) is 5.89 Å². The average molecular weight is 344 g/mol. The smallest absolute Gasteiger partial charge is 0.224 e. The van der Waals surface area contributed by atoms with E-state index in [0.717, 1.165) is 48.2 Å². The molecule has 2 aromatic rings. The van der Waals surface area contributed by atoms with E-state index in [1.807, 2.05) is 29.5 Å². The molecule has 0 bridgehead atoms. The molecule has 7 nitrogen and oxygen atoms in total. The molecule has 7 heteroatoms. The Morgan fingerprint density at radius 1 is 1.40 bits per heavy atom. The molecule has 2 aliphatic rings. The van der Waals surface area contributed by atoms with Crippen LogP contribution in [-0.4, -0.2) is 45.3 Å². The first kappa shape index (κ1) is 16.3. The number of oxazole rings is 1. The van der Waals surface area contributed by atoms with Crippen LogP contribution in [0.2, 0.25) is 0 Å². The monoisotopic (exact) mass is 344 g/mol. The van der Waals surface area contributed by atoms with Crippen LogP contribution < -0.4 is 0 Å². The SMILES string of the molecule is Cc1cc(C)n(CCC(=O)N2CCc3oc(C4CCOC4)nc3C2)n1. The number of carbonyl (C=O) groups is 1. The molecule has 2 aliphatic heterocycles. The van der Waals surface area contributed by atoms with Crippen LogP contribution in [0.3, 0.4) is 0 Å². The fraction of sp³-hybridized carbons (Fsp3) is 0.611. The Labute approximate surface area is 147 Å². The molecule has 0 spiro atoms. The van der Waals surface area contributed by atoms with E-state index in [4.69, 9.17) is 9.15 Å². The third kappa shape index (κ3) is 3.33. The summed E-state index contributed by atoms with van der Waals surface area (Å²) in [5.74, 6) is 2.12. The van der Waals surface area contributed by atoms with Gasteiger partial charge in [0.25, 0.3) is 0 Å². The number of aromatic nitrogens is 3. The second-order valence-corrected chi connectivity index (χ2v) is 6.95. The molecule has 1 saturated heterocycles. The molecule has 2 aromatic heterocycles. The van der Waals surface area contributed by atoms with Gasteiger partial charge in [-0.2, -0.15) is 5.10 Å². The highest BCUT2D eigenvalue weighted by Gasteiger charge is 2.29. The Hall–Kier alpha value is -2.15. The van der Waals surface area contributed by atoms with Crippen molar-refractivity contribution in [2.75, 3.05) is 19.8 Å². The lowest BCUT2D eigenvalue weighted by molar-refractivity contribution is -0.132. The van der Waals surface area contributed by atoms with Crippen molar-refractivity contribution in [3.8, 4) is 0 Å². The summed E-state index contributed by atoms with van der Waals surface area (Å²) in [4.78, 5) is 19.1. The third-order valence-corrected chi connectivity index (χ3v) is 5.02. The maximum atomic E-state index is 12.6. The van der Waals surface area contributed by atoms with Crippen LogP contribution in [0.4, 0.5) is 0 Å². The summed E-state index contributed by atoms with van der Waals surface area (Å²) in [6.07, 6.45) is 2.16. The molecular formula is C18H24N4O3. The van der Waals surface area contributed by atoms with Gasteiger partial charge in [-0.15, -0.1) is 0 Å². The van der Waals surface area contributed by atoms with Gasteiger partial charge in [0, 0.05) is 38.2 Å². The second-order valence-electron chi connectivity index (χ2n) is 6.95. The predicted octanol–water partition coefficient (Wildman–Crippen LogP) is 1.97. The molecule has 0 radical (unpaired) electrons. The summed E-state index contributed by atoms with van der Waals surface area (Å²) >= 11 is 0. The normalized spacial score (nSPS) is 20.1. The lowest BCUT2D eigenvalue weighted by atomic mass is 10.1. The van der Waals surface area contributed by atoms with Crippen molar-refractivity contribution in [1.82, 2.24) is 19.7 Å². The van der Waals surface area contributed by atoms with Crippen molar-refractivity contribution >= 4 is 5.91 Å². The Kier molecular flexibility index (Phi) is 4.33. The molecule has 1 fully saturated rings. The average Bonchev–Trinajstić information content (AvgIpc) is 3.31. The first-order valence-corrected chi connectivity index (χ1v) is 8.95. The van der Waals surface area contributed by atoms with Gasteiger partial charge in [0.1, 0.15) is 11.5 Å². The minimum atomic E-state index is 0.145. The predicted molar refractivity (Wildman–Crippen MR) is 90.1 cm³/mol. The zero-order valence-corrected chi connectivity index (χ0v) is 14.8. The zero-order chi connectivity index (χ0) is 17.4. The van der Waals surface area contributed by atoms with E-state index < -0.39 is 0 Å². The zero-order valence-electron chi connectivity index (χ0n) is 14.8. The fourth-order valence-electron chi connectivity index (χ4n) is 3.60. The quantitative estimate of drug-likeness (QED) is 0.848. The van der Waals surface area contributed by atoms with E-state index in [-0.39, 0.29) is 11.8 Å². The topological polar surface area (TPSA) is 73.4 Å². The second kappa shape index (κ2) is 6.63. The van der Waals surface area contributed by atoms with Crippen molar-refractivity contribution in [3.05, 3.63) is 34.8 Å². The van der Waals surface area contributed by atoms with Gasteiger partial charge in [-0.25, -0.2) is 4.98 Å². The maximum Gasteiger partial charge on any atom is 0.224 e. The summed E-state index contributed by atoms with van der Waals surface area (Å²) in [5.41, 5.74) is 2.98. The molecule has 4 rings (SSSR count). The van der Waals surface area contributed by atoms with Crippen LogP contribution in [0.1, 0.15) is 47.5 Å². The number of nitrogens with zero attached hydrogens (tertiary/aromatic N) is 4. The van der Waals surface area contributed by atoms with E-state index in [9.17, 15) is 4.79 Å². The first-order valence-electron chi connectivity index (χ1n) is 8.95. The highest BCUT2D eigenvalue weighted by atomic mass is 16.5. The van der Waals surface area contributed by atoms with Gasteiger partial charge in [-0.3, -0.25) is 9.48 Å². The number of aryl methyl sites for hydroxylation is 3. The van der Waals surface area contributed by atoms with Crippen LogP contribution in [0.5, 0.6) is 0 Å². The third-order valence-electron chi connectivity index (χ3n) is 5.02. The minimum Gasteiger partial charge on any atom is -0.445 e. The van der Waals surface area contributed by atoms with Gasteiger partial charge >= 0.3 is 0 Å². The molecule has 134 valence electrons. The van der Waals surface area contributed by atoms with Crippen LogP contribution >= 0.6 is 0 Å². The Bertz CT molecular complexity index is 773. The van der Waals surface area contributed by atoms with E-state index in [0.29, 0.717) is 32.7 Å². The van der Waals surface area contributed by atoms with Crippen LogP contribution in [-0.2, 0) is 29.0 Å². The number of rotatable bonds is 4. The van der Waals surface area contributed by atoms with E-state index in [1.165, 1.54) is 0 Å². The number of amides is 1. The van der Waals surface area contributed by atoms with E-state index in [2.05, 4.69) is 10.1 Å². The largest absolute Gasteiger partial charge is 0.445 e. The summed E-state index contributed by atoms with van der Waals surface area (Å²) < 4.78 is 13.2. The molecular weight excluding hydrogens is 320 g/mol. The highest BCUT2D eigenvalue weighted by Crippen LogP contribution is 2.29. The van der Waals surface area contributed by atoms with Gasteiger partial charge in [0.2, 0.25) is 5.91 Å². The molecule has 1 unspecified atom stereocenters. The molecule has 25 heavy (non-hydrogen) atoms. The number of hydrogen-bond acceptors (Lipinski definition) is 5. The van der Waals surface area contributed by atoms with Crippen molar-refractivity contribution in [3.63, 3.8) is 0 Å². The van der Waals surface area contributed by atoms with Crippen molar-refractivity contribution < 1.29 is 13.9 Å². The van der Waals surface area contributed by atoms with Crippen molar-refractivity contribution in [2.45, 2.75) is 52.1 Å². The summed E-state index contributed by atoms with van der Waals surface area (Å²) in [6.45, 7) is 7.29. The molecule has 4 heterocycles. The number of hydrogen-bond donors (Lipinski definition) is 0. The van der Waals surface area contributed by atoms with Gasteiger partial charge in [-0.05, 0) is 26.3 Å². The van der Waals surface area contributed by atoms with Crippen LogP contribution in [0.25, 0.3) is 0 Å². The van der Waals surface area contributed by atoms with Crippen LogP contribution in [0.15, 0.2) is 10.5 Å². The van der Waals surface area contributed by atoms with Gasteiger partial charge in [-0.1, -0.05) is 0 Å². The van der Waals surface area contributed by atoms with E-state index in [1.54, 1.807) is 0 Å². The Morgan fingerprint density at radius 3 is 3.00 bits per heavy atom. The molecule has 0 aliphatic carbocycles. The molecule has 1 amide bonds. The standard InChI is InChI=1S/C18H24N4O3/c1-12-9-13(2)22(20-12)7-4-17(23)21-6-3-16-15(10-21)19-18(25-16)14-5-8-24-11-14/h9,14H,3-8,10-11H2,1-2H3. The molecule has 0 N–H and O–H groups in total. The van der Waals surface area contributed by atoms with Gasteiger partial charge in [0.05, 0.1) is 24.8 Å². The molecule has 0 aromatic carbocycles. The lowest BCUT2D eigenvalue weighted by Gasteiger charge is -2.25. The first-order chi connectivity index (χ1) is 12.1. The summed E-state index contributed by atoms with van der Waals surface area (Å²) in [5, 5.41) is 4.42. The van der Waals surface area contributed by atoms with E-state index >= 15 is 0 Å². The number of ether oxygens (including phenoxy) is 1. The number of carbonyl (C=O) groups excluding carboxylic acids is 1. The Balaban J connectivity index is 1.38. The lowest BCUT2D eigenvalue weighted by Crippen LogP contribution is -2.36. The van der Waals surface area contributed by atoms with Crippen molar-refractivity contribution in [2.24, 2.45) is 0 Å². The summed E-state index contributed by atoms with van der Waals surface area (Å²) in [7, 11) is 0. The minimum absolute atomic E-state index is 0.145. The fourth-order valence-corrected chi connectivity index (χ4v) is 3.60. The molecule has 1 atom stereocenters. The molecule has 0 saturated carbocycles. The summed E-state index contributed by atoms with van der Waals surface area (Å²) in [6, 6.07) is 2.03.